The van der Waals surface area contributed by atoms with Gasteiger partial charge in [0.15, 0.2) is 5.69 Å². The molecule has 1 aliphatic rings. The zero-order chi connectivity index (χ0) is 18.8. The SMILES string of the molecule is Cc1cccc(-n2nnc(C(=O)N3CCN(c4ccccc4)CC3)c2C)c1. The average Bonchev–Trinajstić information content (AvgIpc) is 3.09. The summed E-state index contributed by atoms with van der Waals surface area (Å²) in [6.07, 6.45) is 0. The van der Waals surface area contributed by atoms with E-state index in [1.165, 1.54) is 5.69 Å². The minimum Gasteiger partial charge on any atom is -0.368 e. The van der Waals surface area contributed by atoms with E-state index in [0.717, 1.165) is 30.0 Å². The molecule has 138 valence electrons. The topological polar surface area (TPSA) is 54.3 Å². The van der Waals surface area contributed by atoms with Crippen molar-refractivity contribution in [2.45, 2.75) is 13.8 Å². The van der Waals surface area contributed by atoms with Crippen molar-refractivity contribution in [3.05, 3.63) is 71.5 Å². The number of aryl methyl sites for hydroxylation is 1. The molecule has 0 radical (unpaired) electrons. The van der Waals surface area contributed by atoms with E-state index in [1.54, 1.807) is 4.68 Å². The smallest absolute Gasteiger partial charge is 0.276 e. The highest BCUT2D eigenvalue weighted by Gasteiger charge is 2.26. The van der Waals surface area contributed by atoms with Gasteiger partial charge in [-0.1, -0.05) is 35.5 Å². The summed E-state index contributed by atoms with van der Waals surface area (Å²) in [4.78, 5) is 17.1. The van der Waals surface area contributed by atoms with E-state index in [2.05, 4.69) is 27.3 Å². The van der Waals surface area contributed by atoms with Crippen LogP contribution in [0, 0.1) is 13.8 Å². The molecule has 27 heavy (non-hydrogen) atoms. The first kappa shape index (κ1) is 17.3. The lowest BCUT2D eigenvalue weighted by atomic mass is 10.2. The Balaban J connectivity index is 1.48. The third kappa shape index (κ3) is 3.43. The van der Waals surface area contributed by atoms with Gasteiger partial charge >= 0.3 is 0 Å². The maximum Gasteiger partial charge on any atom is 0.276 e. The van der Waals surface area contributed by atoms with Gasteiger partial charge in [-0.15, -0.1) is 5.10 Å². The molecule has 2 aromatic carbocycles. The average molecular weight is 361 g/mol. The molecular formula is C21H23N5O. The molecule has 1 saturated heterocycles. The molecule has 0 bridgehead atoms. The molecule has 0 unspecified atom stereocenters. The summed E-state index contributed by atoms with van der Waals surface area (Å²) in [7, 11) is 0. The molecule has 0 aliphatic carbocycles. The van der Waals surface area contributed by atoms with Crippen LogP contribution < -0.4 is 4.90 Å². The number of amides is 1. The highest BCUT2D eigenvalue weighted by molar-refractivity contribution is 5.93. The molecule has 0 saturated carbocycles. The number of para-hydroxylation sites is 1. The number of piperazine rings is 1. The van der Waals surface area contributed by atoms with Gasteiger partial charge in [-0.05, 0) is 43.7 Å². The minimum absolute atomic E-state index is 0.0425. The van der Waals surface area contributed by atoms with Gasteiger partial charge in [0.25, 0.3) is 5.91 Å². The second-order valence-corrected chi connectivity index (χ2v) is 6.89. The number of nitrogens with zero attached hydrogens (tertiary/aromatic N) is 5. The molecule has 0 atom stereocenters. The van der Waals surface area contributed by atoms with E-state index in [9.17, 15) is 4.79 Å². The van der Waals surface area contributed by atoms with Gasteiger partial charge in [0.1, 0.15) is 0 Å². The molecule has 6 nitrogen and oxygen atoms in total. The Morgan fingerprint density at radius 2 is 1.59 bits per heavy atom. The van der Waals surface area contributed by atoms with Crippen LogP contribution >= 0.6 is 0 Å². The van der Waals surface area contributed by atoms with E-state index in [-0.39, 0.29) is 5.91 Å². The first-order valence-electron chi connectivity index (χ1n) is 9.22. The monoisotopic (exact) mass is 361 g/mol. The van der Waals surface area contributed by atoms with Crippen molar-refractivity contribution in [2.75, 3.05) is 31.1 Å². The molecule has 1 aromatic heterocycles. The second-order valence-electron chi connectivity index (χ2n) is 6.89. The van der Waals surface area contributed by atoms with Gasteiger partial charge in [0.05, 0.1) is 11.4 Å². The number of anilines is 1. The molecule has 1 aliphatic heterocycles. The Kier molecular flexibility index (Phi) is 4.62. The summed E-state index contributed by atoms with van der Waals surface area (Å²) in [6.45, 7) is 6.94. The molecular weight excluding hydrogens is 338 g/mol. The maximum atomic E-state index is 13.0. The lowest BCUT2D eigenvalue weighted by molar-refractivity contribution is 0.0740. The fourth-order valence-electron chi connectivity index (χ4n) is 3.49. The van der Waals surface area contributed by atoms with E-state index >= 15 is 0 Å². The fourth-order valence-corrected chi connectivity index (χ4v) is 3.49. The first-order chi connectivity index (χ1) is 13.1. The molecule has 0 spiro atoms. The lowest BCUT2D eigenvalue weighted by Crippen LogP contribution is -2.49. The van der Waals surface area contributed by atoms with Crippen molar-refractivity contribution in [2.24, 2.45) is 0 Å². The maximum absolute atomic E-state index is 13.0. The number of rotatable bonds is 3. The second kappa shape index (κ2) is 7.23. The Morgan fingerprint density at radius 3 is 2.30 bits per heavy atom. The van der Waals surface area contributed by atoms with Crippen molar-refractivity contribution < 1.29 is 4.79 Å². The van der Waals surface area contributed by atoms with E-state index < -0.39 is 0 Å². The summed E-state index contributed by atoms with van der Waals surface area (Å²) in [5, 5.41) is 8.40. The molecule has 1 amide bonds. The van der Waals surface area contributed by atoms with Gasteiger partial charge < -0.3 is 9.80 Å². The molecule has 0 N–H and O–H groups in total. The lowest BCUT2D eigenvalue weighted by Gasteiger charge is -2.35. The van der Waals surface area contributed by atoms with Crippen molar-refractivity contribution >= 4 is 11.6 Å². The standard InChI is InChI=1S/C21H23N5O/c1-16-7-6-10-19(15-16)26-17(2)20(22-23-26)21(27)25-13-11-24(12-14-25)18-8-4-3-5-9-18/h3-10,15H,11-14H2,1-2H3. The van der Waals surface area contributed by atoms with Crippen LogP contribution in [0.2, 0.25) is 0 Å². The highest BCUT2D eigenvalue weighted by Crippen LogP contribution is 2.18. The highest BCUT2D eigenvalue weighted by atomic mass is 16.2. The molecule has 4 rings (SSSR count). The van der Waals surface area contributed by atoms with Crippen molar-refractivity contribution in [1.82, 2.24) is 19.9 Å². The minimum atomic E-state index is -0.0425. The van der Waals surface area contributed by atoms with Crippen LogP contribution in [-0.2, 0) is 0 Å². The van der Waals surface area contributed by atoms with Crippen LogP contribution in [-0.4, -0.2) is 52.0 Å². The number of hydrogen-bond acceptors (Lipinski definition) is 4. The number of benzene rings is 2. The number of hydrogen-bond donors (Lipinski definition) is 0. The van der Waals surface area contributed by atoms with Crippen LogP contribution in [0.25, 0.3) is 5.69 Å². The molecule has 1 fully saturated rings. The van der Waals surface area contributed by atoms with Crippen LogP contribution in [0.5, 0.6) is 0 Å². The molecule has 2 heterocycles. The largest absolute Gasteiger partial charge is 0.368 e. The van der Waals surface area contributed by atoms with E-state index in [1.807, 2.05) is 61.2 Å². The summed E-state index contributed by atoms with van der Waals surface area (Å²) < 4.78 is 1.74. The summed E-state index contributed by atoms with van der Waals surface area (Å²) in [5.74, 6) is -0.0425. The summed E-state index contributed by atoms with van der Waals surface area (Å²) in [6, 6.07) is 18.3. The van der Waals surface area contributed by atoms with Crippen molar-refractivity contribution in [3.8, 4) is 5.69 Å². The van der Waals surface area contributed by atoms with Crippen LogP contribution in [0.4, 0.5) is 5.69 Å². The Bertz CT molecular complexity index is 942. The van der Waals surface area contributed by atoms with E-state index in [4.69, 9.17) is 0 Å². The first-order valence-corrected chi connectivity index (χ1v) is 9.22. The van der Waals surface area contributed by atoms with Gasteiger partial charge in [-0.2, -0.15) is 0 Å². The molecule has 3 aromatic rings. The third-order valence-corrected chi connectivity index (χ3v) is 5.03. The number of carbonyl (C=O) groups excluding carboxylic acids is 1. The van der Waals surface area contributed by atoms with E-state index in [0.29, 0.717) is 18.8 Å². The van der Waals surface area contributed by atoms with Crippen LogP contribution in [0.3, 0.4) is 0 Å². The van der Waals surface area contributed by atoms with Gasteiger partial charge in [-0.25, -0.2) is 4.68 Å². The summed E-state index contributed by atoms with van der Waals surface area (Å²) >= 11 is 0. The van der Waals surface area contributed by atoms with Gasteiger partial charge in [0.2, 0.25) is 0 Å². The van der Waals surface area contributed by atoms with Gasteiger partial charge in [0, 0.05) is 31.9 Å². The molecule has 6 heteroatoms. The number of carbonyl (C=O) groups is 1. The number of aromatic nitrogens is 3. The third-order valence-electron chi connectivity index (χ3n) is 5.03. The van der Waals surface area contributed by atoms with Crippen LogP contribution in [0.15, 0.2) is 54.6 Å². The Hall–Kier alpha value is -3.15. The zero-order valence-corrected chi connectivity index (χ0v) is 15.7. The zero-order valence-electron chi connectivity index (χ0n) is 15.7. The quantitative estimate of drug-likeness (QED) is 0.720. The fraction of sp³-hybridized carbons (Fsp3) is 0.286. The Morgan fingerprint density at radius 1 is 0.889 bits per heavy atom. The van der Waals surface area contributed by atoms with Crippen molar-refractivity contribution in [1.29, 1.82) is 0 Å². The normalized spacial score (nSPS) is 14.4. The van der Waals surface area contributed by atoms with Crippen molar-refractivity contribution in [3.63, 3.8) is 0 Å². The Labute approximate surface area is 159 Å². The predicted molar refractivity (Wildman–Crippen MR) is 105 cm³/mol. The summed E-state index contributed by atoms with van der Waals surface area (Å²) in [5.41, 5.74) is 4.48. The van der Waals surface area contributed by atoms with Crippen LogP contribution in [0.1, 0.15) is 21.7 Å². The van der Waals surface area contributed by atoms with Gasteiger partial charge in [-0.3, -0.25) is 4.79 Å². The predicted octanol–water partition coefficient (Wildman–Crippen LogP) is 2.85.